The van der Waals surface area contributed by atoms with E-state index in [-0.39, 0.29) is 30.9 Å². The molecular formula is C18H24BrN3O3. The van der Waals surface area contributed by atoms with E-state index in [1.54, 1.807) is 13.0 Å². The van der Waals surface area contributed by atoms with Crippen molar-refractivity contribution >= 4 is 33.5 Å². The molecule has 0 heterocycles. The molecule has 0 bridgehead atoms. The van der Waals surface area contributed by atoms with Crippen molar-refractivity contribution in [1.82, 2.24) is 10.7 Å². The second kappa shape index (κ2) is 9.56. The molecule has 136 valence electrons. The molecule has 0 radical (unpaired) electrons. The van der Waals surface area contributed by atoms with Crippen molar-refractivity contribution in [3.8, 4) is 5.75 Å². The van der Waals surface area contributed by atoms with Gasteiger partial charge < -0.3 is 10.1 Å². The van der Waals surface area contributed by atoms with E-state index in [4.69, 9.17) is 4.74 Å². The van der Waals surface area contributed by atoms with Crippen LogP contribution in [0.4, 0.5) is 0 Å². The molecule has 7 heteroatoms. The molecule has 25 heavy (non-hydrogen) atoms. The molecule has 1 saturated carbocycles. The highest BCUT2D eigenvalue weighted by Crippen LogP contribution is 2.22. The van der Waals surface area contributed by atoms with E-state index in [0.29, 0.717) is 11.5 Å². The Morgan fingerprint density at radius 2 is 2.00 bits per heavy atom. The number of hydrogen-bond acceptors (Lipinski definition) is 4. The number of ether oxygens (including phenoxy) is 1. The fraction of sp³-hybridized carbons (Fsp3) is 0.500. The minimum Gasteiger partial charge on any atom is -0.483 e. The molecule has 1 aromatic carbocycles. The fourth-order valence-electron chi connectivity index (χ4n) is 2.73. The number of amides is 2. The van der Waals surface area contributed by atoms with Crippen LogP contribution in [0.5, 0.6) is 5.75 Å². The first kappa shape index (κ1) is 19.4. The molecule has 6 nitrogen and oxygen atoms in total. The minimum atomic E-state index is -0.363. The quantitative estimate of drug-likeness (QED) is 0.536. The standard InChI is InChI=1S/C18H24BrN3O3/c1-12-9-14(19)7-8-16(12)25-11-18(24)22-21-13(2)10-17(23)20-15-5-3-4-6-15/h7-9,15H,3-6,10-11H2,1-2H3,(H,20,23)(H,22,24)/b21-13+. The van der Waals surface area contributed by atoms with Crippen LogP contribution < -0.4 is 15.5 Å². The zero-order valence-corrected chi connectivity index (χ0v) is 16.2. The van der Waals surface area contributed by atoms with Gasteiger partial charge in [-0.1, -0.05) is 28.8 Å². The van der Waals surface area contributed by atoms with Gasteiger partial charge in [-0.25, -0.2) is 5.43 Å². The van der Waals surface area contributed by atoms with E-state index in [9.17, 15) is 9.59 Å². The van der Waals surface area contributed by atoms with Gasteiger partial charge in [0.15, 0.2) is 6.61 Å². The maximum atomic E-state index is 11.9. The highest BCUT2D eigenvalue weighted by molar-refractivity contribution is 9.10. The highest BCUT2D eigenvalue weighted by Gasteiger charge is 2.17. The first-order valence-corrected chi connectivity index (χ1v) is 9.23. The van der Waals surface area contributed by atoms with Crippen LogP contribution in [0, 0.1) is 6.92 Å². The molecule has 1 aromatic rings. The third kappa shape index (κ3) is 6.86. The summed E-state index contributed by atoms with van der Waals surface area (Å²) in [5.41, 5.74) is 3.91. The van der Waals surface area contributed by atoms with Gasteiger partial charge in [0.05, 0.1) is 6.42 Å². The van der Waals surface area contributed by atoms with E-state index in [1.165, 1.54) is 12.8 Å². The molecule has 2 N–H and O–H groups in total. The van der Waals surface area contributed by atoms with Crippen LogP contribution in [0.1, 0.15) is 44.6 Å². The van der Waals surface area contributed by atoms with E-state index < -0.39 is 0 Å². The predicted molar refractivity (Wildman–Crippen MR) is 101 cm³/mol. The summed E-state index contributed by atoms with van der Waals surface area (Å²) in [6, 6.07) is 5.86. The molecule has 1 aliphatic rings. The number of carbonyl (C=O) groups is 2. The number of nitrogens with one attached hydrogen (secondary N) is 2. The molecule has 0 spiro atoms. The summed E-state index contributed by atoms with van der Waals surface area (Å²) in [5.74, 6) is 0.233. The van der Waals surface area contributed by atoms with Crippen molar-refractivity contribution in [2.75, 3.05) is 6.61 Å². The molecule has 1 aliphatic carbocycles. The summed E-state index contributed by atoms with van der Waals surface area (Å²) >= 11 is 3.38. The molecule has 0 unspecified atom stereocenters. The van der Waals surface area contributed by atoms with E-state index >= 15 is 0 Å². The lowest BCUT2D eigenvalue weighted by Gasteiger charge is -2.11. The first-order chi connectivity index (χ1) is 11.9. The maximum Gasteiger partial charge on any atom is 0.277 e. The van der Waals surface area contributed by atoms with Gasteiger partial charge in [0, 0.05) is 16.2 Å². The van der Waals surface area contributed by atoms with Crippen molar-refractivity contribution in [3.05, 3.63) is 28.2 Å². The Hall–Kier alpha value is -1.89. The maximum absolute atomic E-state index is 11.9. The second-order valence-electron chi connectivity index (χ2n) is 6.31. The summed E-state index contributed by atoms with van der Waals surface area (Å²) in [7, 11) is 0. The van der Waals surface area contributed by atoms with Crippen molar-refractivity contribution in [1.29, 1.82) is 0 Å². The van der Waals surface area contributed by atoms with Crippen LogP contribution in [0.2, 0.25) is 0 Å². The average molecular weight is 410 g/mol. The van der Waals surface area contributed by atoms with Gasteiger partial charge in [-0.2, -0.15) is 5.10 Å². The summed E-state index contributed by atoms with van der Waals surface area (Å²) in [6.45, 7) is 3.49. The normalized spacial score (nSPS) is 15.1. The van der Waals surface area contributed by atoms with Gasteiger partial charge >= 0.3 is 0 Å². The molecule has 0 aliphatic heterocycles. The van der Waals surface area contributed by atoms with Crippen LogP contribution in [0.3, 0.4) is 0 Å². The molecule has 0 aromatic heterocycles. The Balaban J connectivity index is 1.71. The largest absolute Gasteiger partial charge is 0.483 e. The summed E-state index contributed by atoms with van der Waals surface area (Å²) in [6.07, 6.45) is 4.62. The molecule has 1 fully saturated rings. The zero-order valence-electron chi connectivity index (χ0n) is 14.6. The van der Waals surface area contributed by atoms with Gasteiger partial charge in [0.25, 0.3) is 5.91 Å². The summed E-state index contributed by atoms with van der Waals surface area (Å²) in [5, 5.41) is 6.95. The first-order valence-electron chi connectivity index (χ1n) is 8.44. The number of aryl methyl sites for hydroxylation is 1. The van der Waals surface area contributed by atoms with Crippen LogP contribution in [-0.4, -0.2) is 30.2 Å². The minimum absolute atomic E-state index is 0.0517. The van der Waals surface area contributed by atoms with E-state index in [2.05, 4.69) is 31.8 Å². The van der Waals surface area contributed by atoms with Crippen molar-refractivity contribution in [2.24, 2.45) is 5.10 Å². The van der Waals surface area contributed by atoms with Crippen LogP contribution in [0.25, 0.3) is 0 Å². The van der Waals surface area contributed by atoms with Gasteiger partial charge in [0.1, 0.15) is 5.75 Å². The van der Waals surface area contributed by atoms with Gasteiger partial charge in [-0.05, 0) is 50.5 Å². The van der Waals surface area contributed by atoms with Crippen LogP contribution in [0.15, 0.2) is 27.8 Å². The SMILES string of the molecule is C/C(CC(=O)NC1CCCC1)=N\NC(=O)COc1ccc(Br)cc1C. The van der Waals surface area contributed by atoms with Gasteiger partial charge in [-0.15, -0.1) is 0 Å². The van der Waals surface area contributed by atoms with Gasteiger partial charge in [0.2, 0.25) is 5.91 Å². The zero-order chi connectivity index (χ0) is 18.2. The van der Waals surface area contributed by atoms with Crippen LogP contribution in [-0.2, 0) is 9.59 Å². The summed E-state index contributed by atoms with van der Waals surface area (Å²) < 4.78 is 6.43. The molecular weight excluding hydrogens is 386 g/mol. The molecule has 2 rings (SSSR count). The Kier molecular flexibility index (Phi) is 7.43. The number of nitrogens with zero attached hydrogens (tertiary/aromatic N) is 1. The molecule has 2 amide bonds. The number of halogens is 1. The van der Waals surface area contributed by atoms with Crippen molar-refractivity contribution < 1.29 is 14.3 Å². The molecule has 0 saturated heterocycles. The predicted octanol–water partition coefficient (Wildman–Crippen LogP) is 3.08. The smallest absolute Gasteiger partial charge is 0.277 e. The van der Waals surface area contributed by atoms with Gasteiger partial charge in [-0.3, -0.25) is 9.59 Å². The average Bonchev–Trinajstić information content (AvgIpc) is 3.04. The fourth-order valence-corrected chi connectivity index (χ4v) is 3.20. The Labute approximate surface area is 156 Å². The summed E-state index contributed by atoms with van der Waals surface area (Å²) in [4.78, 5) is 23.7. The Morgan fingerprint density at radius 1 is 1.28 bits per heavy atom. The lowest BCUT2D eigenvalue weighted by atomic mass is 10.2. The third-order valence-electron chi connectivity index (χ3n) is 4.00. The lowest BCUT2D eigenvalue weighted by Crippen LogP contribution is -2.34. The van der Waals surface area contributed by atoms with E-state index in [1.807, 2.05) is 19.1 Å². The Morgan fingerprint density at radius 3 is 2.68 bits per heavy atom. The van der Waals surface area contributed by atoms with Crippen molar-refractivity contribution in [3.63, 3.8) is 0 Å². The van der Waals surface area contributed by atoms with Crippen LogP contribution >= 0.6 is 15.9 Å². The number of carbonyl (C=O) groups excluding carboxylic acids is 2. The highest BCUT2D eigenvalue weighted by atomic mass is 79.9. The third-order valence-corrected chi connectivity index (χ3v) is 4.50. The second-order valence-corrected chi connectivity index (χ2v) is 7.22. The number of hydrazone groups is 1. The topological polar surface area (TPSA) is 79.8 Å². The monoisotopic (exact) mass is 409 g/mol. The lowest BCUT2D eigenvalue weighted by molar-refractivity contribution is -0.123. The van der Waals surface area contributed by atoms with Crippen molar-refractivity contribution in [2.45, 2.75) is 52.0 Å². The molecule has 0 atom stereocenters. The number of hydrogen-bond donors (Lipinski definition) is 2. The number of benzene rings is 1. The number of rotatable bonds is 7. The van der Waals surface area contributed by atoms with E-state index in [0.717, 1.165) is 22.9 Å². The Bertz CT molecular complexity index is 655.